The van der Waals surface area contributed by atoms with Crippen LogP contribution in [-0.4, -0.2) is 18.3 Å². The summed E-state index contributed by atoms with van der Waals surface area (Å²) in [6.07, 6.45) is 0. The number of nitrogens with two attached hydrogens (primary N) is 1. The molecule has 0 aromatic heterocycles. The van der Waals surface area contributed by atoms with Crippen LogP contribution in [0.4, 0.5) is 0 Å². The van der Waals surface area contributed by atoms with Crippen LogP contribution in [0.1, 0.15) is 22.3 Å². The van der Waals surface area contributed by atoms with Crippen molar-refractivity contribution < 1.29 is 9.84 Å². The first kappa shape index (κ1) is 15.5. The van der Waals surface area contributed by atoms with Crippen molar-refractivity contribution in [1.82, 2.24) is 0 Å². The first-order valence-corrected chi connectivity index (χ1v) is 7.22. The highest BCUT2D eigenvalue weighted by atomic mass is 16.5. The van der Waals surface area contributed by atoms with Gasteiger partial charge in [-0.25, -0.2) is 0 Å². The van der Waals surface area contributed by atoms with Gasteiger partial charge in [0.05, 0.1) is 6.61 Å². The highest BCUT2D eigenvalue weighted by Gasteiger charge is 2.12. The van der Waals surface area contributed by atoms with Crippen LogP contribution in [0.2, 0.25) is 0 Å². The summed E-state index contributed by atoms with van der Waals surface area (Å²) in [7, 11) is 0. The number of hydrogen-bond acceptors (Lipinski definition) is 3. The maximum Gasteiger partial charge on any atom is 0.119 e. The largest absolute Gasteiger partial charge is 0.491 e. The van der Waals surface area contributed by atoms with Gasteiger partial charge in [0.15, 0.2) is 0 Å². The van der Waals surface area contributed by atoms with E-state index < -0.39 is 0 Å². The zero-order valence-electron chi connectivity index (χ0n) is 12.9. The number of aliphatic hydroxyl groups excluding tert-OH is 1. The van der Waals surface area contributed by atoms with E-state index >= 15 is 0 Å². The Morgan fingerprint density at radius 1 is 1.10 bits per heavy atom. The van der Waals surface area contributed by atoms with E-state index in [1.165, 1.54) is 33.4 Å². The molecule has 0 aliphatic heterocycles. The van der Waals surface area contributed by atoms with Crippen molar-refractivity contribution in [1.29, 1.82) is 0 Å². The molecule has 0 radical (unpaired) electrons. The van der Waals surface area contributed by atoms with E-state index in [0.29, 0.717) is 13.2 Å². The molecule has 3 nitrogen and oxygen atoms in total. The summed E-state index contributed by atoms with van der Waals surface area (Å²) in [4.78, 5) is 0. The molecule has 0 heterocycles. The highest BCUT2D eigenvalue weighted by Crippen LogP contribution is 2.34. The van der Waals surface area contributed by atoms with Crippen LogP contribution in [0.25, 0.3) is 11.1 Å². The minimum absolute atomic E-state index is 0.0253. The Labute approximate surface area is 126 Å². The van der Waals surface area contributed by atoms with Crippen molar-refractivity contribution in [2.24, 2.45) is 5.73 Å². The number of aliphatic hydroxyl groups is 1. The summed E-state index contributed by atoms with van der Waals surface area (Å²) < 4.78 is 5.51. The summed E-state index contributed by atoms with van der Waals surface area (Å²) >= 11 is 0. The normalized spacial score (nSPS) is 10.7. The molecule has 112 valence electrons. The standard InChI is InChI=1S/C18H23NO2/c1-12-9-16(21-8-7-20)10-13(2)18(12)17-6-4-5-15(11-19)14(17)3/h4-6,9-10,20H,7-8,11,19H2,1-3H3. The maximum atomic E-state index is 8.86. The average Bonchev–Trinajstić information content (AvgIpc) is 2.46. The number of hydrogen-bond donors (Lipinski definition) is 2. The molecule has 0 spiro atoms. The lowest BCUT2D eigenvalue weighted by Gasteiger charge is -2.17. The second-order valence-corrected chi connectivity index (χ2v) is 5.30. The van der Waals surface area contributed by atoms with Gasteiger partial charge < -0.3 is 15.6 Å². The van der Waals surface area contributed by atoms with Crippen molar-refractivity contribution in [3.8, 4) is 16.9 Å². The van der Waals surface area contributed by atoms with Crippen molar-refractivity contribution >= 4 is 0 Å². The van der Waals surface area contributed by atoms with Crippen molar-refractivity contribution in [2.45, 2.75) is 27.3 Å². The quantitative estimate of drug-likeness (QED) is 0.887. The fourth-order valence-electron chi connectivity index (χ4n) is 2.77. The molecule has 2 aromatic rings. The highest BCUT2D eigenvalue weighted by molar-refractivity contribution is 5.75. The smallest absolute Gasteiger partial charge is 0.119 e. The molecule has 0 aliphatic rings. The van der Waals surface area contributed by atoms with Crippen LogP contribution in [0, 0.1) is 20.8 Å². The molecule has 2 rings (SSSR count). The van der Waals surface area contributed by atoms with Gasteiger partial charge in [-0.2, -0.15) is 0 Å². The van der Waals surface area contributed by atoms with Gasteiger partial charge in [0.2, 0.25) is 0 Å². The van der Waals surface area contributed by atoms with E-state index in [0.717, 1.165) is 5.75 Å². The van der Waals surface area contributed by atoms with E-state index in [9.17, 15) is 0 Å². The molecule has 0 saturated carbocycles. The molecule has 0 fully saturated rings. The van der Waals surface area contributed by atoms with Crippen LogP contribution in [0.5, 0.6) is 5.75 Å². The lowest BCUT2D eigenvalue weighted by molar-refractivity contribution is 0.201. The second-order valence-electron chi connectivity index (χ2n) is 5.30. The predicted octanol–water partition coefficient (Wildman–Crippen LogP) is 3.11. The van der Waals surface area contributed by atoms with Gasteiger partial charge in [-0.05, 0) is 66.3 Å². The molecule has 0 amide bonds. The third-order valence-corrected chi connectivity index (χ3v) is 3.80. The Kier molecular flexibility index (Phi) is 4.99. The van der Waals surface area contributed by atoms with Gasteiger partial charge in [0, 0.05) is 6.54 Å². The summed E-state index contributed by atoms with van der Waals surface area (Å²) in [6, 6.07) is 10.3. The lowest BCUT2D eigenvalue weighted by atomic mass is 9.90. The van der Waals surface area contributed by atoms with Crippen molar-refractivity contribution in [3.63, 3.8) is 0 Å². The van der Waals surface area contributed by atoms with E-state index in [-0.39, 0.29) is 6.61 Å². The van der Waals surface area contributed by atoms with Crippen LogP contribution in [0.3, 0.4) is 0 Å². The number of aryl methyl sites for hydroxylation is 2. The van der Waals surface area contributed by atoms with E-state index in [4.69, 9.17) is 15.6 Å². The van der Waals surface area contributed by atoms with Gasteiger partial charge in [-0.15, -0.1) is 0 Å². The first-order chi connectivity index (χ1) is 10.1. The molecule has 2 aromatic carbocycles. The maximum absolute atomic E-state index is 8.86. The summed E-state index contributed by atoms with van der Waals surface area (Å²) in [6.45, 7) is 7.19. The predicted molar refractivity (Wildman–Crippen MR) is 86.6 cm³/mol. The third kappa shape index (κ3) is 3.26. The van der Waals surface area contributed by atoms with Gasteiger partial charge >= 0.3 is 0 Å². The van der Waals surface area contributed by atoms with Gasteiger partial charge in [-0.3, -0.25) is 0 Å². The fourth-order valence-corrected chi connectivity index (χ4v) is 2.77. The summed E-state index contributed by atoms with van der Waals surface area (Å²) in [5.74, 6) is 0.801. The summed E-state index contributed by atoms with van der Waals surface area (Å²) in [5.41, 5.74) is 13.0. The molecule has 21 heavy (non-hydrogen) atoms. The Bertz CT molecular complexity index is 612. The average molecular weight is 285 g/mol. The molecule has 0 saturated heterocycles. The lowest BCUT2D eigenvalue weighted by Crippen LogP contribution is -2.03. The number of rotatable bonds is 5. The van der Waals surface area contributed by atoms with E-state index in [2.05, 4.69) is 39.0 Å². The van der Waals surface area contributed by atoms with Crippen molar-refractivity contribution in [2.75, 3.05) is 13.2 Å². The Morgan fingerprint density at radius 2 is 1.76 bits per heavy atom. The number of ether oxygens (including phenoxy) is 1. The Morgan fingerprint density at radius 3 is 2.33 bits per heavy atom. The zero-order valence-corrected chi connectivity index (χ0v) is 12.9. The first-order valence-electron chi connectivity index (χ1n) is 7.22. The fraction of sp³-hybridized carbons (Fsp3) is 0.333. The topological polar surface area (TPSA) is 55.5 Å². The monoisotopic (exact) mass is 285 g/mol. The second kappa shape index (κ2) is 6.74. The van der Waals surface area contributed by atoms with Crippen molar-refractivity contribution in [3.05, 3.63) is 52.6 Å². The number of benzene rings is 2. The zero-order chi connectivity index (χ0) is 15.4. The van der Waals surface area contributed by atoms with E-state index in [1.54, 1.807) is 0 Å². The van der Waals surface area contributed by atoms with E-state index in [1.807, 2.05) is 12.1 Å². The molecule has 3 N–H and O–H groups in total. The van der Waals surface area contributed by atoms with Crippen LogP contribution in [0.15, 0.2) is 30.3 Å². The van der Waals surface area contributed by atoms with Gasteiger partial charge in [0.1, 0.15) is 12.4 Å². The van der Waals surface area contributed by atoms with Gasteiger partial charge in [0.25, 0.3) is 0 Å². The molecule has 0 atom stereocenters. The van der Waals surface area contributed by atoms with Crippen LogP contribution < -0.4 is 10.5 Å². The van der Waals surface area contributed by atoms with Crippen LogP contribution in [-0.2, 0) is 6.54 Å². The minimum Gasteiger partial charge on any atom is -0.491 e. The molecule has 0 unspecified atom stereocenters. The SMILES string of the molecule is Cc1cc(OCCO)cc(C)c1-c1cccc(CN)c1C. The molecule has 3 heteroatoms. The van der Waals surface area contributed by atoms with Gasteiger partial charge in [-0.1, -0.05) is 18.2 Å². The Hall–Kier alpha value is -1.84. The molecule has 0 bridgehead atoms. The van der Waals surface area contributed by atoms with Crippen LogP contribution >= 0.6 is 0 Å². The minimum atomic E-state index is 0.0253. The summed E-state index contributed by atoms with van der Waals surface area (Å²) in [5, 5.41) is 8.86. The third-order valence-electron chi connectivity index (χ3n) is 3.80. The Balaban J connectivity index is 2.50. The molecular formula is C18H23NO2. The molecular weight excluding hydrogens is 262 g/mol. The molecule has 0 aliphatic carbocycles.